The van der Waals surface area contributed by atoms with E-state index in [-0.39, 0.29) is 23.1 Å². The topological polar surface area (TPSA) is 197 Å². The fourth-order valence-corrected chi connectivity index (χ4v) is 6.38. The fourth-order valence-electron chi connectivity index (χ4n) is 5.47. The van der Waals surface area contributed by atoms with Gasteiger partial charge in [0, 0.05) is 24.3 Å². The summed E-state index contributed by atoms with van der Waals surface area (Å²) in [5.74, 6) is -0.659. The summed E-state index contributed by atoms with van der Waals surface area (Å²) in [5.41, 5.74) is 0.0236. The van der Waals surface area contributed by atoms with Crippen molar-refractivity contribution in [2.75, 3.05) is 37.6 Å². The second-order valence-corrected chi connectivity index (χ2v) is 12.6. The standard InChI is InChI=1S/C25H33ClFN4O8P/c1-13(14-5-3-4-6-17(14)27)29-18-7-19(26)30-23(15(18)9-28)31-20-16-8-24(16,22(34)21(20)33)11-39-25(10-32,12-38-2)40(35,36)37/h3-7,9,13,16,20-22,28,32-34H,8,10-12H2,1-2H3,(H2,29,30,31)(H2,35,36,37)/t13-,16?,20+,21-,22-,24?,25+/m0/s1. The van der Waals surface area contributed by atoms with Gasteiger partial charge < -0.3 is 50.6 Å². The number of aromatic nitrogens is 1. The first kappa shape index (κ1) is 30.8. The number of hydrogen-bond donors (Lipinski definition) is 8. The second kappa shape index (κ2) is 11.6. The molecule has 1 heterocycles. The number of pyridine rings is 1. The van der Waals surface area contributed by atoms with Crippen LogP contribution in [0.15, 0.2) is 30.3 Å². The number of aliphatic hydroxyl groups is 3. The van der Waals surface area contributed by atoms with Crippen molar-refractivity contribution in [1.82, 2.24) is 4.98 Å². The van der Waals surface area contributed by atoms with Crippen LogP contribution < -0.4 is 10.6 Å². The van der Waals surface area contributed by atoms with E-state index in [1.807, 2.05) is 0 Å². The first-order chi connectivity index (χ1) is 18.8. The van der Waals surface area contributed by atoms with Crippen LogP contribution in [-0.4, -0.2) is 86.8 Å². The Morgan fingerprint density at radius 2 is 2.08 bits per heavy atom. The van der Waals surface area contributed by atoms with Crippen LogP contribution in [0, 0.1) is 22.6 Å². The summed E-state index contributed by atoms with van der Waals surface area (Å²) in [6.45, 7) is -0.235. The number of ether oxygens (including phenoxy) is 2. The minimum Gasteiger partial charge on any atom is -0.393 e. The van der Waals surface area contributed by atoms with Crippen LogP contribution in [0.25, 0.3) is 0 Å². The summed E-state index contributed by atoms with van der Waals surface area (Å²) in [4.78, 5) is 23.9. The molecule has 0 spiro atoms. The van der Waals surface area contributed by atoms with Crippen LogP contribution in [0.2, 0.25) is 5.15 Å². The SMILES string of the molecule is COC[C@](CO)(OCC12CC1[C@@H](Nc1nc(Cl)cc(N[C@@H](C)c3ccccc3F)c1C=N)[C@H](O)[C@@H]2O)P(=O)(O)O. The molecule has 2 aliphatic carbocycles. The zero-order valence-electron chi connectivity index (χ0n) is 21.8. The van der Waals surface area contributed by atoms with Crippen LogP contribution in [0.3, 0.4) is 0 Å². The predicted molar refractivity (Wildman–Crippen MR) is 145 cm³/mol. The van der Waals surface area contributed by atoms with E-state index in [2.05, 4.69) is 15.6 Å². The molecule has 2 aliphatic rings. The third kappa shape index (κ3) is 5.50. The number of fused-ring (bicyclic) bond motifs is 1. The summed E-state index contributed by atoms with van der Waals surface area (Å²) in [7, 11) is -3.79. The molecule has 0 amide bonds. The van der Waals surface area contributed by atoms with Crippen LogP contribution in [0.5, 0.6) is 0 Å². The Morgan fingerprint density at radius 3 is 2.67 bits per heavy atom. The highest BCUT2D eigenvalue weighted by Gasteiger charge is 2.72. The Labute approximate surface area is 235 Å². The number of rotatable bonds is 13. The first-order valence-corrected chi connectivity index (χ1v) is 14.5. The first-order valence-electron chi connectivity index (χ1n) is 12.5. The van der Waals surface area contributed by atoms with Crippen LogP contribution in [0.1, 0.15) is 30.5 Å². The summed E-state index contributed by atoms with van der Waals surface area (Å²) < 4.78 is 36.9. The van der Waals surface area contributed by atoms with Crippen molar-refractivity contribution >= 4 is 36.9 Å². The largest absolute Gasteiger partial charge is 0.393 e. The number of benzene rings is 1. The van der Waals surface area contributed by atoms with Crippen molar-refractivity contribution in [3.63, 3.8) is 0 Å². The highest BCUT2D eigenvalue weighted by atomic mass is 35.5. The molecule has 0 bridgehead atoms. The van der Waals surface area contributed by atoms with Crippen molar-refractivity contribution in [2.45, 2.75) is 43.0 Å². The molecule has 2 unspecified atom stereocenters. The maximum atomic E-state index is 14.3. The summed E-state index contributed by atoms with van der Waals surface area (Å²) >= 11 is 6.27. The van der Waals surface area contributed by atoms with E-state index in [9.17, 15) is 34.1 Å². The van der Waals surface area contributed by atoms with E-state index in [1.54, 1.807) is 25.1 Å². The summed E-state index contributed by atoms with van der Waals surface area (Å²) in [5, 5.41) is 43.5. The minimum atomic E-state index is -4.99. The van der Waals surface area contributed by atoms with Gasteiger partial charge in [-0.25, -0.2) is 9.37 Å². The zero-order valence-corrected chi connectivity index (χ0v) is 23.4. The molecular weight excluding hydrogens is 570 g/mol. The average molecular weight is 603 g/mol. The van der Waals surface area contributed by atoms with Gasteiger partial charge in [0.2, 0.25) is 5.34 Å². The van der Waals surface area contributed by atoms with Crippen molar-refractivity contribution in [3.8, 4) is 0 Å². The van der Waals surface area contributed by atoms with Gasteiger partial charge in [-0.15, -0.1) is 0 Å². The molecule has 220 valence electrons. The Morgan fingerprint density at radius 1 is 1.38 bits per heavy atom. The molecule has 0 saturated heterocycles. The minimum absolute atomic E-state index is 0.0590. The van der Waals surface area contributed by atoms with Crippen molar-refractivity contribution in [2.24, 2.45) is 11.3 Å². The maximum Gasteiger partial charge on any atom is 0.361 e. The molecule has 2 fully saturated rings. The third-order valence-electron chi connectivity index (χ3n) is 7.87. The summed E-state index contributed by atoms with van der Waals surface area (Å²) in [6.07, 6.45) is -1.28. The van der Waals surface area contributed by atoms with E-state index < -0.39 is 67.6 Å². The second-order valence-electron chi connectivity index (χ2n) is 10.3. The predicted octanol–water partition coefficient (Wildman–Crippen LogP) is 2.10. The molecule has 4 rings (SSSR count). The molecule has 12 nitrogen and oxygen atoms in total. The van der Waals surface area contributed by atoms with E-state index in [1.165, 1.54) is 19.2 Å². The molecule has 8 N–H and O–H groups in total. The lowest BCUT2D eigenvalue weighted by Crippen LogP contribution is -2.45. The monoisotopic (exact) mass is 602 g/mol. The van der Waals surface area contributed by atoms with Gasteiger partial charge in [0.1, 0.15) is 22.9 Å². The number of hydrogen-bond acceptors (Lipinski definition) is 10. The molecule has 7 atom stereocenters. The van der Waals surface area contributed by atoms with Crippen LogP contribution in [-0.2, 0) is 14.0 Å². The molecular formula is C25H33ClFN4O8P. The smallest absolute Gasteiger partial charge is 0.361 e. The lowest BCUT2D eigenvalue weighted by Gasteiger charge is -2.34. The van der Waals surface area contributed by atoms with Crippen LogP contribution >= 0.6 is 19.2 Å². The van der Waals surface area contributed by atoms with Gasteiger partial charge >= 0.3 is 7.60 Å². The van der Waals surface area contributed by atoms with Gasteiger partial charge in [-0.05, 0) is 31.4 Å². The van der Waals surface area contributed by atoms with E-state index in [4.69, 9.17) is 26.5 Å². The van der Waals surface area contributed by atoms with E-state index in [0.717, 1.165) is 6.21 Å². The number of aliphatic hydroxyl groups excluding tert-OH is 3. The highest BCUT2D eigenvalue weighted by molar-refractivity contribution is 7.53. The summed E-state index contributed by atoms with van der Waals surface area (Å²) in [6, 6.07) is 6.49. The molecule has 15 heteroatoms. The maximum absolute atomic E-state index is 14.3. The highest BCUT2D eigenvalue weighted by Crippen LogP contribution is 2.65. The van der Waals surface area contributed by atoms with Crippen molar-refractivity contribution in [1.29, 1.82) is 5.41 Å². The lowest BCUT2D eigenvalue weighted by molar-refractivity contribution is -0.109. The quantitative estimate of drug-likeness (QED) is 0.0949. The number of nitrogens with zero attached hydrogens (tertiary/aromatic N) is 1. The Balaban J connectivity index is 1.56. The number of anilines is 2. The normalized spacial score (nSPS) is 27.9. The van der Waals surface area contributed by atoms with E-state index in [0.29, 0.717) is 17.7 Å². The van der Waals surface area contributed by atoms with Gasteiger partial charge in [0.05, 0.1) is 49.3 Å². The van der Waals surface area contributed by atoms with Gasteiger partial charge in [0.25, 0.3) is 0 Å². The third-order valence-corrected chi connectivity index (χ3v) is 9.52. The average Bonchev–Trinajstić information content (AvgIpc) is 3.59. The molecule has 1 aromatic carbocycles. The van der Waals surface area contributed by atoms with Crippen molar-refractivity contribution < 1.29 is 43.5 Å². The Bertz CT molecular complexity index is 1300. The van der Waals surface area contributed by atoms with Gasteiger partial charge in [-0.2, -0.15) is 0 Å². The lowest BCUT2D eigenvalue weighted by atomic mass is 10.0. The molecule has 0 radical (unpaired) electrons. The van der Waals surface area contributed by atoms with E-state index >= 15 is 0 Å². The molecule has 1 aromatic heterocycles. The van der Waals surface area contributed by atoms with Gasteiger partial charge in [-0.3, -0.25) is 4.57 Å². The Kier molecular flexibility index (Phi) is 8.92. The number of methoxy groups -OCH3 is 1. The zero-order chi connectivity index (χ0) is 29.5. The number of nitrogens with one attached hydrogen (secondary N) is 3. The fraction of sp³-hybridized carbons (Fsp3) is 0.520. The van der Waals surface area contributed by atoms with Crippen molar-refractivity contribution in [3.05, 3.63) is 52.4 Å². The van der Waals surface area contributed by atoms with Gasteiger partial charge in [-0.1, -0.05) is 29.8 Å². The molecule has 2 saturated carbocycles. The Hall–Kier alpha value is -2.19. The van der Waals surface area contributed by atoms with Gasteiger partial charge in [0.15, 0.2) is 0 Å². The molecule has 2 aromatic rings. The van der Waals surface area contributed by atoms with Crippen LogP contribution in [0.4, 0.5) is 15.9 Å². The number of halogens is 2. The molecule has 0 aliphatic heterocycles. The molecule has 40 heavy (non-hydrogen) atoms.